The molecule has 3 nitrogen and oxygen atoms in total. The first-order chi connectivity index (χ1) is 11.2. The molecule has 2 aromatic rings. The molecule has 0 radical (unpaired) electrons. The Morgan fingerprint density at radius 1 is 1.13 bits per heavy atom. The normalized spacial score (nSPS) is 19.2. The maximum atomic E-state index is 12.5. The maximum absolute atomic E-state index is 12.5. The zero-order chi connectivity index (χ0) is 16.2. The Balaban J connectivity index is 1.50. The number of amides is 1. The van der Waals surface area contributed by atoms with Crippen LogP contribution in [0.2, 0.25) is 0 Å². The maximum Gasteiger partial charge on any atom is 0.226 e. The number of hydrogen-bond donors (Lipinski definition) is 0. The van der Waals surface area contributed by atoms with E-state index in [0.717, 1.165) is 25.1 Å². The monoisotopic (exact) mass is 309 g/mol. The van der Waals surface area contributed by atoms with Crippen molar-refractivity contribution in [2.75, 3.05) is 20.7 Å². The lowest BCUT2D eigenvalue weighted by Crippen LogP contribution is -2.30. The molecule has 1 fully saturated rings. The molecule has 0 spiro atoms. The summed E-state index contributed by atoms with van der Waals surface area (Å²) < 4.78 is 5.16. The molecule has 23 heavy (non-hydrogen) atoms. The Labute approximate surface area is 137 Å². The van der Waals surface area contributed by atoms with E-state index in [9.17, 15) is 4.79 Å². The van der Waals surface area contributed by atoms with E-state index in [-0.39, 0.29) is 11.8 Å². The van der Waals surface area contributed by atoms with Gasteiger partial charge >= 0.3 is 0 Å². The Bertz CT molecular complexity index is 651. The lowest BCUT2D eigenvalue weighted by molar-refractivity contribution is -0.131. The third-order valence-corrected chi connectivity index (χ3v) is 4.61. The van der Waals surface area contributed by atoms with Crippen molar-refractivity contribution in [1.29, 1.82) is 0 Å². The van der Waals surface area contributed by atoms with Gasteiger partial charge in [0.15, 0.2) is 0 Å². The van der Waals surface area contributed by atoms with Gasteiger partial charge in [-0.1, -0.05) is 42.5 Å². The van der Waals surface area contributed by atoms with Crippen molar-refractivity contribution >= 4 is 5.91 Å². The first kappa shape index (κ1) is 15.6. The van der Waals surface area contributed by atoms with Crippen molar-refractivity contribution in [3.63, 3.8) is 0 Å². The summed E-state index contributed by atoms with van der Waals surface area (Å²) in [6.45, 7) is 0.753. The molecule has 120 valence electrons. The Morgan fingerprint density at radius 2 is 1.83 bits per heavy atom. The SMILES string of the molecule is COc1ccc(CCN(C)C(=O)C2CC2c2ccccc2)cc1. The lowest BCUT2D eigenvalue weighted by Gasteiger charge is -2.17. The molecular formula is C20H23NO2. The molecule has 2 atom stereocenters. The molecule has 0 aliphatic heterocycles. The molecule has 0 bridgehead atoms. The molecule has 2 unspecified atom stereocenters. The highest BCUT2D eigenvalue weighted by molar-refractivity contribution is 5.82. The van der Waals surface area contributed by atoms with Crippen molar-refractivity contribution in [2.45, 2.75) is 18.8 Å². The summed E-state index contributed by atoms with van der Waals surface area (Å²) >= 11 is 0. The van der Waals surface area contributed by atoms with Crippen LogP contribution in [0.3, 0.4) is 0 Å². The van der Waals surface area contributed by atoms with E-state index < -0.39 is 0 Å². The Kier molecular flexibility index (Phi) is 4.65. The van der Waals surface area contributed by atoms with E-state index in [0.29, 0.717) is 5.92 Å². The minimum atomic E-state index is 0.165. The predicted octanol–water partition coefficient (Wildman–Crippen LogP) is 3.50. The summed E-state index contributed by atoms with van der Waals surface area (Å²) in [6.07, 6.45) is 1.85. The van der Waals surface area contributed by atoms with Gasteiger partial charge in [-0.2, -0.15) is 0 Å². The van der Waals surface area contributed by atoms with E-state index in [4.69, 9.17) is 4.74 Å². The van der Waals surface area contributed by atoms with Gasteiger partial charge in [0.05, 0.1) is 7.11 Å². The minimum absolute atomic E-state index is 0.165. The van der Waals surface area contributed by atoms with Gasteiger partial charge < -0.3 is 9.64 Å². The molecule has 0 N–H and O–H groups in total. The second kappa shape index (κ2) is 6.86. The van der Waals surface area contributed by atoms with E-state index >= 15 is 0 Å². The highest BCUT2D eigenvalue weighted by Crippen LogP contribution is 2.48. The average Bonchev–Trinajstić information content (AvgIpc) is 3.41. The van der Waals surface area contributed by atoms with Gasteiger partial charge in [0.25, 0.3) is 0 Å². The topological polar surface area (TPSA) is 29.5 Å². The smallest absolute Gasteiger partial charge is 0.226 e. The van der Waals surface area contributed by atoms with Crippen molar-refractivity contribution in [3.8, 4) is 5.75 Å². The van der Waals surface area contributed by atoms with Crippen LogP contribution in [0.25, 0.3) is 0 Å². The van der Waals surface area contributed by atoms with Crippen molar-refractivity contribution in [1.82, 2.24) is 4.90 Å². The standard InChI is InChI=1S/C20H23NO2/c1-21(13-12-15-8-10-17(23-2)11-9-15)20(22)19-14-18(19)16-6-4-3-5-7-16/h3-11,18-19H,12-14H2,1-2H3. The highest BCUT2D eigenvalue weighted by Gasteiger charge is 2.44. The summed E-state index contributed by atoms with van der Waals surface area (Å²) in [7, 11) is 3.58. The number of carbonyl (C=O) groups excluding carboxylic acids is 1. The van der Waals surface area contributed by atoms with Crippen molar-refractivity contribution < 1.29 is 9.53 Å². The van der Waals surface area contributed by atoms with Gasteiger partial charge in [0, 0.05) is 19.5 Å². The lowest BCUT2D eigenvalue weighted by atomic mass is 10.1. The quantitative estimate of drug-likeness (QED) is 0.817. The number of carbonyl (C=O) groups is 1. The minimum Gasteiger partial charge on any atom is -0.497 e. The van der Waals surface area contributed by atoms with Crippen LogP contribution in [-0.4, -0.2) is 31.5 Å². The van der Waals surface area contributed by atoms with Crippen molar-refractivity contribution in [2.24, 2.45) is 5.92 Å². The fourth-order valence-corrected chi connectivity index (χ4v) is 3.02. The van der Waals surface area contributed by atoms with Gasteiger partial charge in [-0.15, -0.1) is 0 Å². The largest absolute Gasteiger partial charge is 0.497 e. The molecule has 1 aliphatic carbocycles. The molecule has 3 heteroatoms. The number of nitrogens with zero attached hydrogens (tertiary/aromatic N) is 1. The highest BCUT2D eigenvalue weighted by atomic mass is 16.5. The van der Waals surface area contributed by atoms with E-state index in [1.165, 1.54) is 11.1 Å². The number of benzene rings is 2. The second-order valence-corrected chi connectivity index (χ2v) is 6.22. The average molecular weight is 309 g/mol. The van der Waals surface area contributed by atoms with E-state index in [1.807, 2.05) is 42.3 Å². The van der Waals surface area contributed by atoms with Gasteiger partial charge in [0.1, 0.15) is 5.75 Å². The molecule has 0 saturated heterocycles. The van der Waals surface area contributed by atoms with Crippen LogP contribution in [0.5, 0.6) is 5.75 Å². The third-order valence-electron chi connectivity index (χ3n) is 4.61. The molecule has 1 saturated carbocycles. The Morgan fingerprint density at radius 3 is 2.48 bits per heavy atom. The summed E-state index contributed by atoms with van der Waals surface area (Å²) in [5, 5.41) is 0. The third kappa shape index (κ3) is 3.73. The van der Waals surface area contributed by atoms with E-state index in [2.05, 4.69) is 24.3 Å². The van der Waals surface area contributed by atoms with Gasteiger partial charge in [-0.3, -0.25) is 4.79 Å². The van der Waals surface area contributed by atoms with Crippen LogP contribution < -0.4 is 4.74 Å². The van der Waals surface area contributed by atoms with Gasteiger partial charge in [-0.25, -0.2) is 0 Å². The fraction of sp³-hybridized carbons (Fsp3) is 0.350. The second-order valence-electron chi connectivity index (χ2n) is 6.22. The molecule has 0 heterocycles. The van der Waals surface area contributed by atoms with E-state index in [1.54, 1.807) is 7.11 Å². The van der Waals surface area contributed by atoms with Crippen LogP contribution >= 0.6 is 0 Å². The van der Waals surface area contributed by atoms with Crippen LogP contribution in [0.15, 0.2) is 54.6 Å². The summed E-state index contributed by atoms with van der Waals surface area (Å²) in [5.74, 6) is 1.71. The number of methoxy groups -OCH3 is 1. The first-order valence-electron chi connectivity index (χ1n) is 8.12. The number of ether oxygens (including phenoxy) is 1. The number of rotatable bonds is 6. The summed E-state index contributed by atoms with van der Waals surface area (Å²) in [5.41, 5.74) is 2.51. The van der Waals surface area contributed by atoms with Crippen LogP contribution in [-0.2, 0) is 11.2 Å². The van der Waals surface area contributed by atoms with Crippen LogP contribution in [0, 0.1) is 5.92 Å². The van der Waals surface area contributed by atoms with Crippen molar-refractivity contribution in [3.05, 3.63) is 65.7 Å². The van der Waals surface area contributed by atoms with Crippen LogP contribution in [0.4, 0.5) is 0 Å². The Hall–Kier alpha value is -2.29. The summed E-state index contributed by atoms with van der Waals surface area (Å²) in [4.78, 5) is 14.4. The zero-order valence-corrected chi connectivity index (χ0v) is 13.7. The molecule has 1 aliphatic rings. The van der Waals surface area contributed by atoms with Gasteiger partial charge in [0.2, 0.25) is 5.91 Å². The molecule has 0 aromatic heterocycles. The van der Waals surface area contributed by atoms with Crippen LogP contribution in [0.1, 0.15) is 23.5 Å². The molecule has 3 rings (SSSR count). The number of likely N-dealkylation sites (N-methyl/N-ethyl adjacent to an activating group) is 1. The fourth-order valence-electron chi connectivity index (χ4n) is 3.02. The molecular weight excluding hydrogens is 286 g/mol. The predicted molar refractivity (Wildman–Crippen MR) is 91.6 cm³/mol. The first-order valence-corrected chi connectivity index (χ1v) is 8.12. The molecule has 1 amide bonds. The summed E-state index contributed by atoms with van der Waals surface area (Å²) in [6, 6.07) is 18.4. The zero-order valence-electron chi connectivity index (χ0n) is 13.7. The number of hydrogen-bond acceptors (Lipinski definition) is 2. The molecule has 2 aromatic carbocycles. The van der Waals surface area contributed by atoms with Gasteiger partial charge in [-0.05, 0) is 42.0 Å².